The maximum atomic E-state index is 8.36. The van der Waals surface area contributed by atoms with E-state index in [1.165, 1.54) is 32.1 Å². The molecule has 0 saturated carbocycles. The lowest BCUT2D eigenvalue weighted by atomic mass is 10.1. The predicted molar refractivity (Wildman–Crippen MR) is 64.2 cm³/mol. The lowest BCUT2D eigenvalue weighted by Crippen LogP contribution is -2.17. The molecule has 0 aliphatic rings. The van der Waals surface area contributed by atoms with Gasteiger partial charge in [0, 0.05) is 6.61 Å². The first-order chi connectivity index (χ1) is 6.27. The van der Waals surface area contributed by atoms with E-state index in [4.69, 9.17) is 10.0 Å². The topological polar surface area (TPSA) is 120 Å². The van der Waals surface area contributed by atoms with Gasteiger partial charge < -0.3 is 27.0 Å². The molecule has 0 aromatic rings. The maximum absolute atomic E-state index is 8.36. The van der Waals surface area contributed by atoms with Gasteiger partial charge in [-0.05, 0) is 6.42 Å². The number of hydrogen-bond acceptors (Lipinski definition) is 5. The minimum atomic E-state index is -1.60. The highest BCUT2D eigenvalue weighted by Crippen LogP contribution is 2.06. The second-order valence-electron chi connectivity index (χ2n) is 3.32. The van der Waals surface area contributed by atoms with Crippen molar-refractivity contribution in [3.8, 4) is 0 Å². The Hall–Kier alpha value is -0.135. The summed E-state index contributed by atoms with van der Waals surface area (Å²) in [7, 11) is -1.60. The van der Waals surface area contributed by atoms with Crippen LogP contribution in [0.2, 0.25) is 0 Å². The van der Waals surface area contributed by atoms with E-state index in [1.54, 1.807) is 0 Å². The van der Waals surface area contributed by atoms with Crippen LogP contribution in [0.3, 0.4) is 0 Å². The quantitative estimate of drug-likeness (QED) is 0.351. The maximum Gasteiger partial charge on any atom is 0.633 e. The van der Waals surface area contributed by atoms with Crippen molar-refractivity contribution in [1.29, 1.82) is 0 Å². The largest absolute Gasteiger partial charge is 0.633 e. The molecule has 0 spiro atoms. The molecule has 5 nitrogen and oxygen atoms in total. The summed E-state index contributed by atoms with van der Waals surface area (Å²) in [4.78, 5) is 0. The van der Waals surface area contributed by atoms with Gasteiger partial charge in [0.1, 0.15) is 0 Å². The third-order valence-corrected chi connectivity index (χ3v) is 2.01. The van der Waals surface area contributed by atoms with Gasteiger partial charge >= 0.3 is 7.32 Å². The van der Waals surface area contributed by atoms with Crippen LogP contribution in [0.5, 0.6) is 0 Å². The Balaban J connectivity index is -0.000000720. The molecule has 0 heterocycles. The monoisotopic (exact) mass is 222 g/mol. The van der Waals surface area contributed by atoms with Gasteiger partial charge in [0.25, 0.3) is 0 Å². The van der Waals surface area contributed by atoms with Crippen LogP contribution < -0.4 is 12.3 Å². The summed E-state index contributed by atoms with van der Waals surface area (Å²) in [5.41, 5.74) is 0. The average molecular weight is 222 g/mol. The van der Waals surface area contributed by atoms with Crippen molar-refractivity contribution in [1.82, 2.24) is 12.3 Å². The highest BCUT2D eigenvalue weighted by Gasteiger charge is 2.06. The molecule has 0 unspecified atom stereocenters. The molecule has 0 bridgehead atoms. The fraction of sp³-hybridized carbons (Fsp3) is 1.00. The Morgan fingerprint density at radius 3 is 1.80 bits per heavy atom. The molecule has 0 rings (SSSR count). The van der Waals surface area contributed by atoms with Crippen LogP contribution in [0.1, 0.15) is 51.9 Å². The highest BCUT2D eigenvalue weighted by atomic mass is 16.6. The zero-order chi connectivity index (χ0) is 9.94. The Morgan fingerprint density at radius 1 is 0.867 bits per heavy atom. The molecule has 0 saturated heterocycles. The second kappa shape index (κ2) is 16.3. The molecular weight excluding hydrogens is 195 g/mol. The van der Waals surface area contributed by atoms with Crippen LogP contribution >= 0.6 is 0 Å². The van der Waals surface area contributed by atoms with Gasteiger partial charge in [-0.25, -0.2) is 0 Å². The van der Waals surface area contributed by atoms with Gasteiger partial charge in [-0.2, -0.15) is 0 Å². The van der Waals surface area contributed by atoms with Crippen LogP contribution in [-0.2, 0) is 4.65 Å². The van der Waals surface area contributed by atoms with E-state index in [0.717, 1.165) is 12.8 Å². The SMILES string of the molecule is CCCCCCCCCOB(O)O.N.N. The summed E-state index contributed by atoms with van der Waals surface area (Å²) in [6.07, 6.45) is 8.48. The van der Waals surface area contributed by atoms with E-state index in [1.807, 2.05) is 0 Å². The number of rotatable bonds is 9. The van der Waals surface area contributed by atoms with Crippen LogP contribution in [0.4, 0.5) is 0 Å². The fourth-order valence-electron chi connectivity index (χ4n) is 1.25. The predicted octanol–water partition coefficient (Wildman–Crippen LogP) is 2.05. The molecule has 0 amide bonds. The molecule has 0 aromatic heterocycles. The van der Waals surface area contributed by atoms with Crippen molar-refractivity contribution in [2.24, 2.45) is 0 Å². The highest BCUT2D eigenvalue weighted by molar-refractivity contribution is 6.32. The van der Waals surface area contributed by atoms with Gasteiger partial charge in [-0.15, -0.1) is 0 Å². The zero-order valence-corrected chi connectivity index (χ0v) is 9.95. The van der Waals surface area contributed by atoms with Crippen molar-refractivity contribution in [3.63, 3.8) is 0 Å². The standard InChI is InChI=1S/C9H21BO3.2H3N/c1-2-3-4-5-6-7-8-9-13-10(11)12;;/h11-12H,2-9H2,1H3;2*1H3. The fourth-order valence-corrected chi connectivity index (χ4v) is 1.25. The van der Waals surface area contributed by atoms with Crippen molar-refractivity contribution < 1.29 is 14.7 Å². The number of unbranched alkanes of at least 4 members (excludes halogenated alkanes) is 6. The first-order valence-electron chi connectivity index (χ1n) is 5.25. The van der Waals surface area contributed by atoms with Gasteiger partial charge in [-0.1, -0.05) is 45.4 Å². The first-order valence-corrected chi connectivity index (χ1v) is 5.25. The van der Waals surface area contributed by atoms with Gasteiger partial charge in [-0.3, -0.25) is 0 Å². The summed E-state index contributed by atoms with van der Waals surface area (Å²) in [5.74, 6) is 0. The van der Waals surface area contributed by atoms with Crippen LogP contribution in [-0.4, -0.2) is 24.0 Å². The molecule has 0 fully saturated rings. The average Bonchev–Trinajstić information content (AvgIpc) is 2.09. The summed E-state index contributed by atoms with van der Waals surface area (Å²) in [6.45, 7) is 2.65. The Morgan fingerprint density at radius 2 is 1.33 bits per heavy atom. The molecule has 0 aliphatic heterocycles. The Labute approximate surface area is 93.6 Å². The van der Waals surface area contributed by atoms with Crippen molar-refractivity contribution >= 4 is 7.32 Å². The zero-order valence-electron chi connectivity index (χ0n) is 9.95. The third-order valence-electron chi connectivity index (χ3n) is 2.01. The minimum Gasteiger partial charge on any atom is -0.402 e. The van der Waals surface area contributed by atoms with Gasteiger partial charge in [0.15, 0.2) is 0 Å². The lowest BCUT2D eigenvalue weighted by Gasteiger charge is -2.02. The molecule has 0 aromatic carbocycles. The van der Waals surface area contributed by atoms with E-state index in [0.29, 0.717) is 6.61 Å². The molecule has 0 aliphatic carbocycles. The first kappa shape index (κ1) is 20.3. The smallest absolute Gasteiger partial charge is 0.402 e. The van der Waals surface area contributed by atoms with Gasteiger partial charge in [0.05, 0.1) is 0 Å². The van der Waals surface area contributed by atoms with E-state index in [9.17, 15) is 0 Å². The minimum absolute atomic E-state index is 0. The number of hydrogen-bond donors (Lipinski definition) is 4. The Bertz CT molecular complexity index is 107. The van der Waals surface area contributed by atoms with E-state index < -0.39 is 7.32 Å². The van der Waals surface area contributed by atoms with Crippen molar-refractivity contribution in [3.05, 3.63) is 0 Å². The molecular formula is C9H27BN2O3. The molecule has 6 heteroatoms. The lowest BCUT2D eigenvalue weighted by molar-refractivity contribution is 0.182. The molecule has 0 radical (unpaired) electrons. The summed E-state index contributed by atoms with van der Waals surface area (Å²) >= 11 is 0. The van der Waals surface area contributed by atoms with Crippen LogP contribution in [0, 0.1) is 0 Å². The van der Waals surface area contributed by atoms with Crippen LogP contribution in [0.25, 0.3) is 0 Å². The van der Waals surface area contributed by atoms with E-state index in [2.05, 4.69) is 11.6 Å². The molecule has 15 heavy (non-hydrogen) atoms. The van der Waals surface area contributed by atoms with E-state index in [-0.39, 0.29) is 12.3 Å². The molecule has 0 atom stereocenters. The van der Waals surface area contributed by atoms with Crippen LogP contribution in [0.15, 0.2) is 0 Å². The van der Waals surface area contributed by atoms with Gasteiger partial charge in [0.2, 0.25) is 0 Å². The summed E-state index contributed by atoms with van der Waals surface area (Å²) in [5, 5.41) is 16.7. The summed E-state index contributed by atoms with van der Waals surface area (Å²) < 4.78 is 4.58. The molecule has 8 N–H and O–H groups in total. The Kier molecular flexibility index (Phi) is 22.1. The summed E-state index contributed by atoms with van der Waals surface area (Å²) in [6, 6.07) is 0. The van der Waals surface area contributed by atoms with E-state index >= 15 is 0 Å². The normalized spacial score (nSPS) is 9.00. The third kappa shape index (κ3) is 20.1. The molecule has 94 valence electrons. The second-order valence-corrected chi connectivity index (χ2v) is 3.32. The van der Waals surface area contributed by atoms with Crippen molar-refractivity contribution in [2.45, 2.75) is 51.9 Å². The van der Waals surface area contributed by atoms with Crippen molar-refractivity contribution in [2.75, 3.05) is 6.61 Å².